The fourth-order valence-corrected chi connectivity index (χ4v) is 5.16. The van der Waals surface area contributed by atoms with E-state index in [1.54, 1.807) is 55.5 Å². The fourth-order valence-electron chi connectivity index (χ4n) is 3.64. The van der Waals surface area contributed by atoms with Crippen LogP contribution in [0.3, 0.4) is 0 Å². The maximum atomic E-state index is 13.3. The van der Waals surface area contributed by atoms with Crippen LogP contribution in [0.2, 0.25) is 0 Å². The molecule has 8 heteroatoms. The number of sulfonamides is 1. The predicted octanol–water partition coefficient (Wildman–Crippen LogP) is 4.82. The summed E-state index contributed by atoms with van der Waals surface area (Å²) in [7, 11) is -3.84. The Kier molecular flexibility index (Phi) is 8.65. The van der Waals surface area contributed by atoms with E-state index in [4.69, 9.17) is 0 Å². The monoisotopic (exact) mass is 493 g/mol. The number of amides is 2. The zero-order valence-corrected chi connectivity index (χ0v) is 21.0. The Bertz CT molecular complexity index is 1270. The van der Waals surface area contributed by atoms with E-state index in [2.05, 4.69) is 10.6 Å². The molecule has 0 unspecified atom stereocenters. The molecule has 0 bridgehead atoms. The molecular weight excluding hydrogens is 462 g/mol. The SMILES string of the molecule is CCN(c1ccccc1)S(=O)(=O)c1cccc(C(=O)NCc2cccc(NC(=O)CC(C)C)c2)c1. The second kappa shape index (κ2) is 11.7. The molecule has 0 aliphatic rings. The van der Waals surface area contributed by atoms with Crippen molar-refractivity contribution in [2.24, 2.45) is 5.92 Å². The van der Waals surface area contributed by atoms with Crippen LogP contribution in [0, 0.1) is 5.92 Å². The molecule has 0 atom stereocenters. The van der Waals surface area contributed by atoms with Gasteiger partial charge >= 0.3 is 0 Å². The minimum Gasteiger partial charge on any atom is -0.348 e. The Morgan fingerprint density at radius 2 is 1.63 bits per heavy atom. The van der Waals surface area contributed by atoms with E-state index < -0.39 is 10.0 Å². The standard InChI is InChI=1S/C27H31N3O4S/c1-4-30(24-13-6-5-7-14-24)35(33,34)25-15-9-11-22(18-25)27(32)28-19-21-10-8-12-23(17-21)29-26(31)16-20(2)3/h5-15,17-18,20H,4,16,19H2,1-3H3,(H,28,32)(H,29,31). The first-order valence-electron chi connectivity index (χ1n) is 11.6. The van der Waals surface area contributed by atoms with Crippen LogP contribution in [0.25, 0.3) is 0 Å². The van der Waals surface area contributed by atoms with Gasteiger partial charge < -0.3 is 10.6 Å². The highest BCUT2D eigenvalue weighted by molar-refractivity contribution is 7.92. The van der Waals surface area contributed by atoms with Gasteiger partial charge in [-0.15, -0.1) is 0 Å². The summed E-state index contributed by atoms with van der Waals surface area (Å²) in [4.78, 5) is 24.9. The molecule has 0 saturated heterocycles. The summed E-state index contributed by atoms with van der Waals surface area (Å²) in [5, 5.41) is 5.69. The first-order chi connectivity index (χ1) is 16.7. The second-order valence-corrected chi connectivity index (χ2v) is 10.4. The molecule has 0 aromatic heterocycles. The van der Waals surface area contributed by atoms with Gasteiger partial charge in [0.1, 0.15) is 0 Å². The first-order valence-corrected chi connectivity index (χ1v) is 13.0. The highest BCUT2D eigenvalue weighted by Crippen LogP contribution is 2.24. The minimum absolute atomic E-state index is 0.0470. The maximum Gasteiger partial charge on any atom is 0.264 e. The van der Waals surface area contributed by atoms with Crippen LogP contribution in [0.4, 0.5) is 11.4 Å². The number of hydrogen-bond donors (Lipinski definition) is 2. The summed E-state index contributed by atoms with van der Waals surface area (Å²) < 4.78 is 27.8. The molecular formula is C27H31N3O4S. The van der Waals surface area contributed by atoms with Gasteiger partial charge in [-0.3, -0.25) is 13.9 Å². The van der Waals surface area contributed by atoms with Crippen LogP contribution in [0.15, 0.2) is 83.8 Å². The van der Waals surface area contributed by atoms with Crippen molar-refractivity contribution < 1.29 is 18.0 Å². The number of para-hydroxylation sites is 1. The lowest BCUT2D eigenvalue weighted by atomic mass is 10.1. The zero-order valence-electron chi connectivity index (χ0n) is 20.2. The number of carbonyl (C=O) groups excluding carboxylic acids is 2. The van der Waals surface area contributed by atoms with Gasteiger partial charge in [0.05, 0.1) is 10.6 Å². The first kappa shape index (κ1) is 26.0. The second-order valence-electron chi connectivity index (χ2n) is 8.56. The highest BCUT2D eigenvalue weighted by Gasteiger charge is 2.24. The number of nitrogens with zero attached hydrogens (tertiary/aromatic N) is 1. The summed E-state index contributed by atoms with van der Waals surface area (Å²) in [6.07, 6.45) is 0.431. The molecule has 2 N–H and O–H groups in total. The maximum absolute atomic E-state index is 13.3. The average Bonchev–Trinajstić information content (AvgIpc) is 2.83. The van der Waals surface area contributed by atoms with E-state index in [-0.39, 0.29) is 41.3 Å². The van der Waals surface area contributed by atoms with Gasteiger partial charge in [0.2, 0.25) is 5.91 Å². The Balaban J connectivity index is 1.71. The third-order valence-corrected chi connectivity index (χ3v) is 7.17. The van der Waals surface area contributed by atoms with Gasteiger partial charge in [0.15, 0.2) is 0 Å². The summed E-state index contributed by atoms with van der Waals surface area (Å²) in [6.45, 7) is 6.21. The normalized spacial score (nSPS) is 11.2. The Labute approximate surface area is 207 Å². The van der Waals surface area contributed by atoms with Crippen LogP contribution in [-0.2, 0) is 21.4 Å². The van der Waals surface area contributed by atoms with Gasteiger partial charge in [0, 0.05) is 30.8 Å². The molecule has 0 heterocycles. The molecule has 7 nitrogen and oxygen atoms in total. The van der Waals surface area contributed by atoms with Crippen molar-refractivity contribution in [3.8, 4) is 0 Å². The van der Waals surface area contributed by atoms with Crippen molar-refractivity contribution >= 4 is 33.2 Å². The number of anilines is 2. The van der Waals surface area contributed by atoms with Crippen LogP contribution >= 0.6 is 0 Å². The number of carbonyl (C=O) groups is 2. The van der Waals surface area contributed by atoms with Crippen molar-refractivity contribution in [2.45, 2.75) is 38.6 Å². The topological polar surface area (TPSA) is 95.6 Å². The van der Waals surface area contributed by atoms with Gasteiger partial charge in [-0.05, 0) is 60.9 Å². The van der Waals surface area contributed by atoms with Crippen molar-refractivity contribution in [1.82, 2.24) is 5.32 Å². The molecule has 3 aromatic rings. The average molecular weight is 494 g/mol. The third kappa shape index (κ3) is 6.93. The zero-order chi connectivity index (χ0) is 25.4. The molecule has 3 aromatic carbocycles. The van der Waals surface area contributed by atoms with E-state index in [1.165, 1.54) is 16.4 Å². The minimum atomic E-state index is -3.84. The van der Waals surface area contributed by atoms with E-state index in [0.717, 1.165) is 5.56 Å². The van der Waals surface area contributed by atoms with Crippen molar-refractivity contribution in [2.75, 3.05) is 16.2 Å². The molecule has 35 heavy (non-hydrogen) atoms. The van der Waals surface area contributed by atoms with Gasteiger partial charge in [0.25, 0.3) is 15.9 Å². The largest absolute Gasteiger partial charge is 0.348 e. The molecule has 0 aliphatic heterocycles. The quantitative estimate of drug-likeness (QED) is 0.423. The summed E-state index contributed by atoms with van der Waals surface area (Å²) in [5.74, 6) is -0.191. The summed E-state index contributed by atoms with van der Waals surface area (Å²) in [6, 6.07) is 22.1. The summed E-state index contributed by atoms with van der Waals surface area (Å²) >= 11 is 0. The van der Waals surface area contributed by atoms with Crippen molar-refractivity contribution in [3.63, 3.8) is 0 Å². The van der Waals surface area contributed by atoms with Gasteiger partial charge in [-0.25, -0.2) is 8.42 Å². The number of benzene rings is 3. The predicted molar refractivity (Wildman–Crippen MR) is 139 cm³/mol. The van der Waals surface area contributed by atoms with Crippen LogP contribution in [0.5, 0.6) is 0 Å². The van der Waals surface area contributed by atoms with Crippen molar-refractivity contribution in [1.29, 1.82) is 0 Å². The fraction of sp³-hybridized carbons (Fsp3) is 0.259. The molecule has 0 spiro atoms. The summed E-state index contributed by atoms with van der Waals surface area (Å²) in [5.41, 5.74) is 2.28. The molecule has 0 aliphatic carbocycles. The van der Waals surface area contributed by atoms with E-state index >= 15 is 0 Å². The smallest absolute Gasteiger partial charge is 0.264 e. The molecule has 2 amide bonds. The lowest BCUT2D eigenvalue weighted by molar-refractivity contribution is -0.116. The molecule has 3 rings (SSSR count). The molecule has 0 fully saturated rings. The highest BCUT2D eigenvalue weighted by atomic mass is 32.2. The molecule has 184 valence electrons. The third-order valence-electron chi connectivity index (χ3n) is 5.27. The van der Waals surface area contributed by atoms with E-state index in [1.807, 2.05) is 32.0 Å². The number of hydrogen-bond acceptors (Lipinski definition) is 4. The van der Waals surface area contributed by atoms with Gasteiger partial charge in [-0.2, -0.15) is 0 Å². The molecule has 0 radical (unpaired) electrons. The Morgan fingerprint density at radius 1 is 0.914 bits per heavy atom. The van der Waals surface area contributed by atoms with E-state index in [9.17, 15) is 18.0 Å². The number of rotatable bonds is 10. The van der Waals surface area contributed by atoms with Crippen LogP contribution < -0.4 is 14.9 Å². The van der Waals surface area contributed by atoms with E-state index in [0.29, 0.717) is 17.8 Å². The lowest BCUT2D eigenvalue weighted by Gasteiger charge is -2.23. The Morgan fingerprint density at radius 3 is 2.31 bits per heavy atom. The van der Waals surface area contributed by atoms with Gasteiger partial charge in [-0.1, -0.05) is 50.2 Å². The Hall–Kier alpha value is -3.65. The molecule has 0 saturated carbocycles. The lowest BCUT2D eigenvalue weighted by Crippen LogP contribution is -2.31. The number of nitrogens with one attached hydrogen (secondary N) is 2. The van der Waals surface area contributed by atoms with Crippen LogP contribution in [-0.4, -0.2) is 26.8 Å². The van der Waals surface area contributed by atoms with Crippen molar-refractivity contribution in [3.05, 3.63) is 90.0 Å². The van der Waals surface area contributed by atoms with Crippen LogP contribution in [0.1, 0.15) is 43.1 Å².